The van der Waals surface area contributed by atoms with E-state index >= 15 is 0 Å². The lowest BCUT2D eigenvalue weighted by molar-refractivity contribution is 0.0166. The van der Waals surface area contributed by atoms with Crippen LogP contribution >= 0.6 is 0 Å². The van der Waals surface area contributed by atoms with E-state index in [1.165, 1.54) is 12.8 Å². The average molecular weight is 387 g/mol. The summed E-state index contributed by atoms with van der Waals surface area (Å²) in [4.78, 5) is 27.7. The van der Waals surface area contributed by atoms with Crippen LogP contribution in [0.25, 0.3) is 11.0 Å². The second kappa shape index (κ2) is 8.92. The molecular formula is C21H29N3O4. The van der Waals surface area contributed by atoms with Crippen LogP contribution in [-0.4, -0.2) is 47.9 Å². The highest BCUT2D eigenvalue weighted by Crippen LogP contribution is 2.30. The summed E-state index contributed by atoms with van der Waals surface area (Å²) in [5.41, 5.74) is 2.09. The van der Waals surface area contributed by atoms with E-state index in [4.69, 9.17) is 9.47 Å². The molecule has 2 heterocycles. The first kappa shape index (κ1) is 19.2. The molecule has 4 rings (SSSR count). The van der Waals surface area contributed by atoms with Gasteiger partial charge in [-0.25, -0.2) is 4.79 Å². The Labute approximate surface area is 164 Å². The molecule has 0 spiro atoms. The van der Waals surface area contributed by atoms with Gasteiger partial charge in [0, 0.05) is 31.4 Å². The Morgan fingerprint density at radius 3 is 2.89 bits per heavy atom. The van der Waals surface area contributed by atoms with Crippen molar-refractivity contribution in [2.45, 2.75) is 57.1 Å². The van der Waals surface area contributed by atoms with E-state index in [9.17, 15) is 9.59 Å². The van der Waals surface area contributed by atoms with Crippen molar-refractivity contribution in [1.29, 1.82) is 0 Å². The number of hydrogen-bond acceptors (Lipinski definition) is 4. The van der Waals surface area contributed by atoms with Gasteiger partial charge in [-0.05, 0) is 50.3 Å². The number of amides is 1. The first-order valence-electron chi connectivity index (χ1n) is 10.4. The Morgan fingerprint density at radius 1 is 1.25 bits per heavy atom. The summed E-state index contributed by atoms with van der Waals surface area (Å²) in [6, 6.07) is 5.72. The molecule has 0 bridgehead atoms. The zero-order valence-corrected chi connectivity index (χ0v) is 16.2. The number of aromatic nitrogens is 2. The SMILES string of the molecule is O=C(NCCCOC[C@H]1CCCO1)c1ccc2c(c1)[nH]c(=O)n2C1CCCC1. The van der Waals surface area contributed by atoms with Crippen LogP contribution in [0.2, 0.25) is 0 Å². The number of benzene rings is 1. The lowest BCUT2D eigenvalue weighted by Crippen LogP contribution is -2.25. The van der Waals surface area contributed by atoms with Gasteiger partial charge in [0.15, 0.2) is 0 Å². The zero-order chi connectivity index (χ0) is 19.3. The van der Waals surface area contributed by atoms with Crippen molar-refractivity contribution in [2.75, 3.05) is 26.4 Å². The first-order valence-corrected chi connectivity index (χ1v) is 10.4. The normalized spacial score (nSPS) is 20.2. The fourth-order valence-electron chi connectivity index (χ4n) is 4.27. The number of imidazole rings is 1. The molecule has 1 amide bonds. The van der Waals surface area contributed by atoms with Crippen LogP contribution in [0.4, 0.5) is 0 Å². The number of nitrogens with one attached hydrogen (secondary N) is 2. The van der Waals surface area contributed by atoms with E-state index in [-0.39, 0.29) is 23.7 Å². The predicted molar refractivity (Wildman–Crippen MR) is 107 cm³/mol. The van der Waals surface area contributed by atoms with Crippen LogP contribution in [0.3, 0.4) is 0 Å². The Balaban J connectivity index is 1.28. The number of carbonyl (C=O) groups is 1. The third kappa shape index (κ3) is 4.31. The van der Waals surface area contributed by atoms with E-state index in [1.54, 1.807) is 12.1 Å². The van der Waals surface area contributed by atoms with Crippen molar-refractivity contribution < 1.29 is 14.3 Å². The molecule has 2 aliphatic rings. The smallest absolute Gasteiger partial charge is 0.326 e. The zero-order valence-electron chi connectivity index (χ0n) is 16.2. The number of aromatic amines is 1. The number of hydrogen-bond donors (Lipinski definition) is 2. The Kier molecular flexibility index (Phi) is 6.12. The molecule has 0 radical (unpaired) electrons. The van der Waals surface area contributed by atoms with Crippen molar-refractivity contribution in [3.05, 3.63) is 34.2 Å². The van der Waals surface area contributed by atoms with Gasteiger partial charge in [-0.1, -0.05) is 12.8 Å². The van der Waals surface area contributed by atoms with Crippen LogP contribution in [0.5, 0.6) is 0 Å². The summed E-state index contributed by atoms with van der Waals surface area (Å²) in [6.07, 6.45) is 7.61. The largest absolute Gasteiger partial charge is 0.379 e. The van der Waals surface area contributed by atoms with Gasteiger partial charge in [-0.3, -0.25) is 9.36 Å². The average Bonchev–Trinajstić information content (AvgIpc) is 3.43. The maximum absolute atomic E-state index is 12.4. The van der Waals surface area contributed by atoms with Crippen LogP contribution in [-0.2, 0) is 9.47 Å². The van der Waals surface area contributed by atoms with E-state index in [1.807, 2.05) is 10.6 Å². The molecule has 1 atom stereocenters. The van der Waals surface area contributed by atoms with E-state index in [0.717, 1.165) is 49.7 Å². The molecule has 1 saturated carbocycles. The molecule has 2 N–H and O–H groups in total. The van der Waals surface area contributed by atoms with Gasteiger partial charge >= 0.3 is 5.69 Å². The first-order chi connectivity index (χ1) is 13.7. The Morgan fingerprint density at radius 2 is 2.11 bits per heavy atom. The highest BCUT2D eigenvalue weighted by Gasteiger charge is 2.21. The third-order valence-electron chi connectivity index (χ3n) is 5.75. The van der Waals surface area contributed by atoms with Gasteiger partial charge in [-0.2, -0.15) is 0 Å². The summed E-state index contributed by atoms with van der Waals surface area (Å²) >= 11 is 0. The minimum Gasteiger partial charge on any atom is -0.379 e. The predicted octanol–water partition coefficient (Wildman–Crippen LogP) is 2.76. The maximum atomic E-state index is 12.4. The summed E-state index contributed by atoms with van der Waals surface area (Å²) in [6.45, 7) is 2.64. The fraction of sp³-hybridized carbons (Fsp3) is 0.619. The molecular weight excluding hydrogens is 358 g/mol. The third-order valence-corrected chi connectivity index (χ3v) is 5.75. The van der Waals surface area contributed by atoms with Gasteiger partial charge in [-0.15, -0.1) is 0 Å². The number of nitrogens with zero attached hydrogens (tertiary/aromatic N) is 1. The van der Waals surface area contributed by atoms with Crippen molar-refractivity contribution in [3.63, 3.8) is 0 Å². The minimum absolute atomic E-state index is 0.0807. The maximum Gasteiger partial charge on any atom is 0.326 e. The van der Waals surface area contributed by atoms with Crippen LogP contribution in [0.15, 0.2) is 23.0 Å². The second-order valence-corrected chi connectivity index (χ2v) is 7.79. The minimum atomic E-state index is -0.129. The van der Waals surface area contributed by atoms with Crippen molar-refractivity contribution in [1.82, 2.24) is 14.9 Å². The van der Waals surface area contributed by atoms with Gasteiger partial charge < -0.3 is 19.8 Å². The molecule has 2 fully saturated rings. The highest BCUT2D eigenvalue weighted by molar-refractivity contribution is 5.97. The molecule has 152 valence electrons. The van der Waals surface area contributed by atoms with Crippen LogP contribution < -0.4 is 11.0 Å². The molecule has 1 aliphatic carbocycles. The molecule has 28 heavy (non-hydrogen) atoms. The molecule has 1 aromatic carbocycles. The number of fused-ring (bicyclic) bond motifs is 1. The lowest BCUT2D eigenvalue weighted by atomic mass is 10.1. The number of ether oxygens (including phenoxy) is 2. The summed E-state index contributed by atoms with van der Waals surface area (Å²) in [7, 11) is 0. The second-order valence-electron chi connectivity index (χ2n) is 7.79. The van der Waals surface area contributed by atoms with E-state index in [0.29, 0.717) is 25.3 Å². The summed E-state index contributed by atoms with van der Waals surface area (Å²) in [5.74, 6) is -0.129. The standard InChI is InChI=1S/C21H29N3O4/c25-20(22-10-4-11-27-14-17-7-3-12-28-17)15-8-9-19-18(13-15)23-21(26)24(19)16-5-1-2-6-16/h8-9,13,16-17H,1-7,10-12,14H2,(H,22,25)(H,23,26)/t17-/m1/s1. The van der Waals surface area contributed by atoms with Gasteiger partial charge in [0.25, 0.3) is 5.91 Å². The molecule has 7 heteroatoms. The lowest BCUT2D eigenvalue weighted by Gasteiger charge is -2.11. The van der Waals surface area contributed by atoms with Crippen molar-refractivity contribution >= 4 is 16.9 Å². The fourth-order valence-corrected chi connectivity index (χ4v) is 4.27. The van der Waals surface area contributed by atoms with Gasteiger partial charge in [0.05, 0.1) is 23.7 Å². The van der Waals surface area contributed by atoms with Crippen molar-refractivity contribution in [2.24, 2.45) is 0 Å². The van der Waals surface area contributed by atoms with Crippen molar-refractivity contribution in [3.8, 4) is 0 Å². The topological polar surface area (TPSA) is 85.3 Å². The van der Waals surface area contributed by atoms with Gasteiger partial charge in [0.2, 0.25) is 0 Å². The van der Waals surface area contributed by atoms with Crippen LogP contribution in [0, 0.1) is 0 Å². The molecule has 0 unspecified atom stereocenters. The van der Waals surface area contributed by atoms with E-state index in [2.05, 4.69) is 10.3 Å². The highest BCUT2D eigenvalue weighted by atomic mass is 16.5. The number of H-pyrrole nitrogens is 1. The molecule has 7 nitrogen and oxygen atoms in total. The molecule has 1 saturated heterocycles. The Hall–Kier alpha value is -2.12. The molecule has 1 aliphatic heterocycles. The number of carbonyl (C=O) groups excluding carboxylic acids is 1. The quantitative estimate of drug-likeness (QED) is 0.682. The molecule has 2 aromatic rings. The Bertz CT molecular complexity index is 860. The van der Waals surface area contributed by atoms with Crippen LogP contribution in [0.1, 0.15) is 61.3 Å². The molecule has 1 aromatic heterocycles. The number of rotatable bonds is 8. The van der Waals surface area contributed by atoms with E-state index < -0.39 is 0 Å². The summed E-state index contributed by atoms with van der Waals surface area (Å²) < 4.78 is 13.0. The summed E-state index contributed by atoms with van der Waals surface area (Å²) in [5, 5.41) is 2.92. The monoisotopic (exact) mass is 387 g/mol. The van der Waals surface area contributed by atoms with Gasteiger partial charge in [0.1, 0.15) is 0 Å².